The van der Waals surface area contributed by atoms with Gasteiger partial charge in [0.1, 0.15) is 23.4 Å². The lowest BCUT2D eigenvalue weighted by atomic mass is 9.98. The van der Waals surface area contributed by atoms with Crippen LogP contribution < -0.4 is 15.4 Å². The molecule has 2 aromatic rings. The van der Waals surface area contributed by atoms with Crippen molar-refractivity contribution in [2.75, 3.05) is 12.4 Å². The van der Waals surface area contributed by atoms with Crippen LogP contribution in [-0.4, -0.2) is 47.6 Å². The number of hydrogen-bond donors (Lipinski definition) is 2. The van der Waals surface area contributed by atoms with Gasteiger partial charge in [0.15, 0.2) is 0 Å². The monoisotopic (exact) mass is 537 g/mol. The number of anilines is 1. The van der Waals surface area contributed by atoms with E-state index in [1.165, 1.54) is 0 Å². The molecule has 0 aliphatic heterocycles. The van der Waals surface area contributed by atoms with E-state index in [4.69, 9.17) is 9.47 Å². The average molecular weight is 538 g/mol. The van der Waals surface area contributed by atoms with Crippen molar-refractivity contribution in [3.05, 3.63) is 59.7 Å². The maximum Gasteiger partial charge on any atom is 0.408 e. The molecule has 1 fully saturated rings. The molecule has 0 spiro atoms. The maximum atomic E-state index is 14.3. The van der Waals surface area contributed by atoms with E-state index in [9.17, 15) is 14.4 Å². The molecule has 1 aliphatic rings. The van der Waals surface area contributed by atoms with Crippen molar-refractivity contribution in [2.24, 2.45) is 11.8 Å². The molecule has 8 heteroatoms. The van der Waals surface area contributed by atoms with Gasteiger partial charge in [-0.3, -0.25) is 9.59 Å². The van der Waals surface area contributed by atoms with E-state index >= 15 is 0 Å². The fraction of sp³-hybridized carbons (Fsp3) is 0.516. The minimum absolute atomic E-state index is 0.123. The molecule has 0 bridgehead atoms. The summed E-state index contributed by atoms with van der Waals surface area (Å²) in [4.78, 5) is 42.7. The van der Waals surface area contributed by atoms with E-state index in [1.54, 1.807) is 57.0 Å². The molecule has 0 aromatic heterocycles. The molecule has 2 N–H and O–H groups in total. The summed E-state index contributed by atoms with van der Waals surface area (Å²) >= 11 is 0. The Balaban J connectivity index is 2.01. The third-order valence-electron chi connectivity index (χ3n) is 6.62. The number of aryl methyl sites for hydroxylation is 1. The first-order valence-corrected chi connectivity index (χ1v) is 13.6. The molecule has 0 heterocycles. The van der Waals surface area contributed by atoms with Crippen molar-refractivity contribution < 1.29 is 23.9 Å². The average Bonchev–Trinajstić information content (AvgIpc) is 3.56. The van der Waals surface area contributed by atoms with Gasteiger partial charge < -0.3 is 25.0 Å². The standard InChI is InChI=1S/C31H43N3O5/c1-19(2)16-25(33-30(37)39-31(5,6)7)29(36)34(26-18-21(26)4)27(22-11-9-10-20(3)17-22)28(35)32-23-12-14-24(38-8)15-13-23/h9-15,17,19,21,25-27H,16,18H2,1-8H3,(H,32,35)(H,33,37). The number of nitrogens with one attached hydrogen (secondary N) is 2. The van der Waals surface area contributed by atoms with E-state index in [-0.39, 0.29) is 29.7 Å². The summed E-state index contributed by atoms with van der Waals surface area (Å²) in [7, 11) is 1.58. The van der Waals surface area contributed by atoms with Crippen LogP contribution in [0.15, 0.2) is 48.5 Å². The van der Waals surface area contributed by atoms with Crippen LogP contribution in [0.2, 0.25) is 0 Å². The van der Waals surface area contributed by atoms with Crippen molar-refractivity contribution in [1.82, 2.24) is 10.2 Å². The number of alkyl carbamates (subject to hydrolysis) is 1. The predicted octanol–water partition coefficient (Wildman–Crippen LogP) is 5.86. The number of rotatable bonds is 10. The maximum absolute atomic E-state index is 14.3. The lowest BCUT2D eigenvalue weighted by Crippen LogP contribution is -2.53. The second-order valence-electron chi connectivity index (χ2n) is 11.9. The number of amides is 3. The first-order valence-electron chi connectivity index (χ1n) is 13.6. The Kier molecular flexibility index (Phi) is 9.64. The number of carbonyl (C=O) groups is 3. The third kappa shape index (κ3) is 8.47. The number of nitrogens with zero attached hydrogens (tertiary/aromatic N) is 1. The van der Waals surface area contributed by atoms with Crippen LogP contribution in [0.3, 0.4) is 0 Å². The van der Waals surface area contributed by atoms with E-state index < -0.39 is 23.8 Å². The summed E-state index contributed by atoms with van der Waals surface area (Å²) in [6, 6.07) is 12.9. The van der Waals surface area contributed by atoms with E-state index in [1.807, 2.05) is 45.0 Å². The molecule has 1 aliphatic carbocycles. The first-order chi connectivity index (χ1) is 18.3. The topological polar surface area (TPSA) is 97.0 Å². The van der Waals surface area contributed by atoms with E-state index in [0.29, 0.717) is 23.4 Å². The normalized spacial score (nSPS) is 18.1. The van der Waals surface area contributed by atoms with Crippen molar-refractivity contribution in [1.29, 1.82) is 0 Å². The SMILES string of the molecule is COc1ccc(NC(=O)C(c2cccc(C)c2)N(C(=O)C(CC(C)C)NC(=O)OC(C)(C)C)C2CC2C)cc1. The van der Waals surface area contributed by atoms with Crippen molar-refractivity contribution in [2.45, 2.75) is 85.0 Å². The summed E-state index contributed by atoms with van der Waals surface area (Å²) in [5.74, 6) is 0.421. The molecule has 4 unspecified atom stereocenters. The van der Waals surface area contributed by atoms with Crippen LogP contribution in [0.1, 0.15) is 71.6 Å². The number of methoxy groups -OCH3 is 1. The summed E-state index contributed by atoms with van der Waals surface area (Å²) in [5, 5.41) is 5.80. The fourth-order valence-corrected chi connectivity index (χ4v) is 4.66. The highest BCUT2D eigenvalue weighted by Gasteiger charge is 2.48. The summed E-state index contributed by atoms with van der Waals surface area (Å²) in [5.41, 5.74) is 1.59. The molecule has 0 saturated heterocycles. The van der Waals surface area contributed by atoms with Crippen LogP contribution in [0.4, 0.5) is 10.5 Å². The summed E-state index contributed by atoms with van der Waals surface area (Å²) < 4.78 is 10.7. The fourth-order valence-electron chi connectivity index (χ4n) is 4.66. The Morgan fingerprint density at radius 2 is 1.72 bits per heavy atom. The van der Waals surface area contributed by atoms with Gasteiger partial charge in [0, 0.05) is 11.7 Å². The van der Waals surface area contributed by atoms with E-state index in [0.717, 1.165) is 12.0 Å². The lowest BCUT2D eigenvalue weighted by Gasteiger charge is -2.35. The van der Waals surface area contributed by atoms with Gasteiger partial charge in [0.25, 0.3) is 5.91 Å². The minimum atomic E-state index is -0.885. The molecule has 1 saturated carbocycles. The van der Waals surface area contributed by atoms with Crippen LogP contribution in [-0.2, 0) is 14.3 Å². The van der Waals surface area contributed by atoms with Gasteiger partial charge in [0.05, 0.1) is 7.11 Å². The molecule has 2 aromatic carbocycles. The highest BCUT2D eigenvalue weighted by atomic mass is 16.6. The van der Waals surface area contributed by atoms with Gasteiger partial charge in [-0.2, -0.15) is 0 Å². The molecule has 3 amide bonds. The van der Waals surface area contributed by atoms with Crippen LogP contribution in [0.25, 0.3) is 0 Å². The second-order valence-corrected chi connectivity index (χ2v) is 11.9. The zero-order valence-electron chi connectivity index (χ0n) is 24.4. The van der Waals surface area contributed by atoms with Gasteiger partial charge in [-0.05, 0) is 82.2 Å². The van der Waals surface area contributed by atoms with Gasteiger partial charge >= 0.3 is 6.09 Å². The van der Waals surface area contributed by atoms with Crippen LogP contribution in [0.5, 0.6) is 5.75 Å². The van der Waals surface area contributed by atoms with Gasteiger partial charge in [-0.15, -0.1) is 0 Å². The van der Waals surface area contributed by atoms with Crippen LogP contribution in [0, 0.1) is 18.8 Å². The van der Waals surface area contributed by atoms with Crippen molar-refractivity contribution >= 4 is 23.6 Å². The van der Waals surface area contributed by atoms with Crippen molar-refractivity contribution in [3.8, 4) is 5.75 Å². The molecular formula is C31H43N3O5. The second kappa shape index (κ2) is 12.5. The number of carbonyl (C=O) groups excluding carboxylic acids is 3. The largest absolute Gasteiger partial charge is 0.497 e. The first kappa shape index (κ1) is 30.0. The number of benzene rings is 2. The molecule has 0 radical (unpaired) electrons. The highest BCUT2D eigenvalue weighted by molar-refractivity contribution is 5.99. The Morgan fingerprint density at radius 3 is 2.23 bits per heavy atom. The Bertz CT molecular complexity index is 1160. The van der Waals surface area contributed by atoms with Gasteiger partial charge in [-0.25, -0.2) is 4.79 Å². The zero-order chi connectivity index (χ0) is 28.9. The Morgan fingerprint density at radius 1 is 1.08 bits per heavy atom. The third-order valence-corrected chi connectivity index (χ3v) is 6.62. The number of hydrogen-bond acceptors (Lipinski definition) is 5. The predicted molar refractivity (Wildman–Crippen MR) is 153 cm³/mol. The molecule has 212 valence electrons. The van der Waals surface area contributed by atoms with Crippen molar-refractivity contribution in [3.63, 3.8) is 0 Å². The Labute approximate surface area is 232 Å². The smallest absolute Gasteiger partial charge is 0.408 e. The summed E-state index contributed by atoms with van der Waals surface area (Å²) in [6.45, 7) is 13.4. The lowest BCUT2D eigenvalue weighted by molar-refractivity contribution is -0.142. The molecule has 4 atom stereocenters. The molecule has 8 nitrogen and oxygen atoms in total. The number of ether oxygens (including phenoxy) is 2. The minimum Gasteiger partial charge on any atom is -0.497 e. The van der Waals surface area contributed by atoms with Gasteiger partial charge in [0.2, 0.25) is 5.91 Å². The molecule has 39 heavy (non-hydrogen) atoms. The van der Waals surface area contributed by atoms with E-state index in [2.05, 4.69) is 17.6 Å². The summed E-state index contributed by atoms with van der Waals surface area (Å²) in [6.07, 6.45) is 0.543. The molecular weight excluding hydrogens is 494 g/mol. The zero-order valence-corrected chi connectivity index (χ0v) is 24.4. The van der Waals surface area contributed by atoms with Crippen LogP contribution >= 0.6 is 0 Å². The van der Waals surface area contributed by atoms with Gasteiger partial charge in [-0.1, -0.05) is 50.6 Å². The molecule has 3 rings (SSSR count). The highest BCUT2D eigenvalue weighted by Crippen LogP contribution is 2.41. The quantitative estimate of drug-likeness (QED) is 0.396. The Hall–Kier alpha value is -3.55.